The Balaban J connectivity index is 0.000000207. The highest BCUT2D eigenvalue weighted by Gasteiger charge is 2.13. The fraction of sp³-hybridized carbons (Fsp3) is 0.0556. The number of H-pyrrole nitrogens is 1. The highest BCUT2D eigenvalue weighted by molar-refractivity contribution is 7.80. The van der Waals surface area contributed by atoms with Crippen LogP contribution in [0.2, 0.25) is 0 Å². The van der Waals surface area contributed by atoms with Crippen LogP contribution in [0.5, 0.6) is 0 Å². The van der Waals surface area contributed by atoms with Crippen molar-refractivity contribution in [1.82, 2.24) is 4.98 Å². The minimum atomic E-state index is -0.139. The van der Waals surface area contributed by atoms with E-state index in [1.54, 1.807) is 54.6 Å². The maximum atomic E-state index is 11.8. The lowest BCUT2D eigenvalue weighted by Gasteiger charge is -2.09. The first-order valence-electron chi connectivity index (χ1n) is 13.4. The lowest BCUT2D eigenvalue weighted by Crippen LogP contribution is -2.08. The standard InChI is InChI=1S/C18H12N2S.C15H12O2.C3H4N2S/c19-12-16-15(13-7-3-1-4-8-13)11-17(20-18(16)21)14-9-5-2-6-10-14;16-14(12-7-3-1-4-8-12)11-15(17)13-9-5-2-6-10-13;4-2-1-3(5)6/h1-11H,(H,20,21);1-10H,11H2;1H2,(H2,5,6). The van der Waals surface area contributed by atoms with E-state index >= 15 is 0 Å². The lowest BCUT2D eigenvalue weighted by atomic mass is 9.99. The predicted octanol–water partition coefficient (Wildman–Crippen LogP) is 8.28. The summed E-state index contributed by atoms with van der Waals surface area (Å²) in [5, 5.41) is 17.2. The molecule has 0 spiro atoms. The number of benzene rings is 4. The number of carbonyl (C=O) groups is 2. The molecule has 0 aliphatic rings. The van der Waals surface area contributed by atoms with E-state index in [-0.39, 0.29) is 29.4 Å². The van der Waals surface area contributed by atoms with Crippen LogP contribution in [-0.4, -0.2) is 21.5 Å². The van der Waals surface area contributed by atoms with Gasteiger partial charge in [-0.2, -0.15) is 10.5 Å². The van der Waals surface area contributed by atoms with Crippen LogP contribution in [-0.2, 0) is 0 Å². The maximum absolute atomic E-state index is 11.8. The highest BCUT2D eigenvalue weighted by Crippen LogP contribution is 2.28. The Morgan fingerprint density at radius 2 is 1.14 bits per heavy atom. The third-order valence-electron chi connectivity index (χ3n) is 6.08. The summed E-state index contributed by atoms with van der Waals surface area (Å²) in [6, 6.07) is 43.5. The van der Waals surface area contributed by atoms with E-state index in [0.29, 0.717) is 21.3 Å². The Morgan fingerprint density at radius 3 is 1.52 bits per heavy atom. The zero-order chi connectivity index (χ0) is 31.7. The molecule has 0 saturated carbocycles. The number of nitrogens with two attached hydrogens (primary N) is 1. The second-order valence-corrected chi connectivity index (χ2v) is 10.1. The van der Waals surface area contributed by atoms with Gasteiger partial charge in [0.15, 0.2) is 11.6 Å². The molecule has 4 aromatic carbocycles. The number of thiocarbonyl (C=S) groups is 1. The molecule has 8 heteroatoms. The van der Waals surface area contributed by atoms with E-state index in [2.05, 4.69) is 23.3 Å². The second-order valence-electron chi connectivity index (χ2n) is 9.20. The molecule has 44 heavy (non-hydrogen) atoms. The third kappa shape index (κ3) is 10.1. The molecule has 0 atom stereocenters. The molecule has 0 saturated heterocycles. The summed E-state index contributed by atoms with van der Waals surface area (Å²) in [4.78, 5) is 27.0. The average Bonchev–Trinajstić information content (AvgIpc) is 3.06. The first-order chi connectivity index (χ1) is 21.3. The number of carbonyl (C=O) groups excluding carboxylic acids is 2. The number of aromatic nitrogens is 1. The molecule has 0 aliphatic carbocycles. The van der Waals surface area contributed by atoms with Crippen molar-refractivity contribution in [2.75, 3.05) is 0 Å². The Labute approximate surface area is 267 Å². The van der Waals surface area contributed by atoms with Crippen molar-refractivity contribution < 1.29 is 9.59 Å². The van der Waals surface area contributed by atoms with E-state index in [0.717, 1.165) is 22.4 Å². The molecule has 5 rings (SSSR count). The lowest BCUT2D eigenvalue weighted by molar-refractivity contribution is 0.0894. The zero-order valence-corrected chi connectivity index (χ0v) is 25.3. The monoisotopic (exact) mass is 612 g/mol. The Hall–Kier alpha value is -5.54. The molecule has 0 radical (unpaired) electrons. The predicted molar refractivity (Wildman–Crippen MR) is 180 cm³/mol. The average molecular weight is 613 g/mol. The Bertz CT molecular complexity index is 1790. The summed E-state index contributed by atoms with van der Waals surface area (Å²) in [6.07, 6.45) is 0.114. The van der Waals surface area contributed by atoms with Crippen LogP contribution in [0.25, 0.3) is 22.4 Å². The Kier molecular flexibility index (Phi) is 13.1. The van der Waals surface area contributed by atoms with Crippen molar-refractivity contribution in [1.29, 1.82) is 10.5 Å². The number of nitriles is 2. The Morgan fingerprint density at radius 1 is 0.705 bits per heavy atom. The minimum Gasteiger partial charge on any atom is -0.392 e. The van der Waals surface area contributed by atoms with Gasteiger partial charge in [0, 0.05) is 22.4 Å². The van der Waals surface area contributed by atoms with Crippen molar-refractivity contribution in [3.8, 4) is 34.5 Å². The topological polar surface area (TPSA) is 124 Å². The van der Waals surface area contributed by atoms with Gasteiger partial charge in [-0.1, -0.05) is 146 Å². The molecule has 5 aromatic rings. The molecule has 0 bridgehead atoms. The van der Waals surface area contributed by atoms with E-state index in [4.69, 9.17) is 23.2 Å². The smallest absolute Gasteiger partial charge is 0.170 e. The van der Waals surface area contributed by atoms with E-state index in [9.17, 15) is 14.9 Å². The zero-order valence-electron chi connectivity index (χ0n) is 23.6. The first kappa shape index (κ1) is 33.0. The van der Waals surface area contributed by atoms with Crippen molar-refractivity contribution in [3.05, 3.63) is 149 Å². The van der Waals surface area contributed by atoms with Crippen molar-refractivity contribution >= 4 is 41.0 Å². The van der Waals surface area contributed by atoms with Gasteiger partial charge in [0.25, 0.3) is 0 Å². The highest BCUT2D eigenvalue weighted by atomic mass is 32.1. The fourth-order valence-electron chi connectivity index (χ4n) is 3.97. The van der Waals surface area contributed by atoms with Gasteiger partial charge >= 0.3 is 0 Å². The number of hydrogen-bond acceptors (Lipinski definition) is 6. The third-order valence-corrected chi connectivity index (χ3v) is 6.53. The summed E-state index contributed by atoms with van der Waals surface area (Å²) in [7, 11) is 0. The molecule has 216 valence electrons. The largest absolute Gasteiger partial charge is 0.392 e. The van der Waals surface area contributed by atoms with Crippen LogP contribution in [0.1, 0.15) is 39.1 Å². The molecule has 6 nitrogen and oxygen atoms in total. The molecular formula is C36H28N4O2S2. The van der Waals surface area contributed by atoms with Gasteiger partial charge in [-0.25, -0.2) is 0 Å². The van der Waals surface area contributed by atoms with E-state index < -0.39 is 0 Å². The molecule has 3 N–H and O–H groups in total. The number of hydrogen-bond donors (Lipinski definition) is 2. The summed E-state index contributed by atoms with van der Waals surface area (Å²) in [6.45, 7) is 0. The van der Waals surface area contributed by atoms with Crippen LogP contribution >= 0.6 is 24.4 Å². The maximum Gasteiger partial charge on any atom is 0.170 e. The number of nitrogens with zero attached hydrogens (tertiary/aromatic N) is 2. The number of Topliss-reactive ketones (excluding diaryl/α,β-unsaturated/α-hetero) is 2. The summed E-state index contributed by atoms with van der Waals surface area (Å²) in [5.41, 5.74) is 10.4. The van der Waals surface area contributed by atoms with Gasteiger partial charge in [0.05, 0.1) is 29.5 Å². The number of aromatic amines is 1. The minimum absolute atomic E-state index is 0.0754. The van der Waals surface area contributed by atoms with Gasteiger partial charge in [-0.15, -0.1) is 0 Å². The van der Waals surface area contributed by atoms with Crippen LogP contribution < -0.4 is 5.73 Å². The molecule has 1 aromatic heterocycles. The molecule has 0 aliphatic heterocycles. The van der Waals surface area contributed by atoms with Crippen molar-refractivity contribution in [2.45, 2.75) is 12.8 Å². The van der Waals surface area contributed by atoms with E-state index in [1.807, 2.05) is 78.9 Å². The van der Waals surface area contributed by atoms with Crippen LogP contribution in [0.3, 0.4) is 0 Å². The SMILES string of the molecule is N#CCC(N)=S.N#Cc1c(-c2ccccc2)cc(-c2ccccc2)[nH]c1=S.O=C(CC(=O)c1ccccc1)c1ccccc1. The molecule has 1 heterocycles. The van der Waals surface area contributed by atoms with Gasteiger partial charge < -0.3 is 10.7 Å². The first-order valence-corrected chi connectivity index (χ1v) is 14.3. The van der Waals surface area contributed by atoms with Crippen molar-refractivity contribution in [3.63, 3.8) is 0 Å². The van der Waals surface area contributed by atoms with Gasteiger partial charge in [0.2, 0.25) is 0 Å². The summed E-state index contributed by atoms with van der Waals surface area (Å²) < 4.78 is 0.470. The number of rotatable bonds is 7. The molecular weight excluding hydrogens is 585 g/mol. The van der Waals surface area contributed by atoms with Gasteiger partial charge in [-0.3, -0.25) is 9.59 Å². The number of nitrogens with one attached hydrogen (secondary N) is 1. The number of pyridine rings is 1. The van der Waals surface area contributed by atoms with Gasteiger partial charge in [-0.05, 0) is 17.2 Å². The fourth-order valence-corrected chi connectivity index (χ4v) is 4.30. The molecule has 0 amide bonds. The van der Waals surface area contributed by atoms with Crippen molar-refractivity contribution in [2.24, 2.45) is 5.73 Å². The number of ketones is 2. The quantitative estimate of drug-likeness (QED) is 0.108. The summed E-state index contributed by atoms with van der Waals surface area (Å²) in [5.74, 6) is -0.279. The molecule has 0 unspecified atom stereocenters. The normalized spacial score (nSPS) is 9.50. The van der Waals surface area contributed by atoms with Crippen LogP contribution in [0.15, 0.2) is 127 Å². The second kappa shape index (κ2) is 17.4. The summed E-state index contributed by atoms with van der Waals surface area (Å²) >= 11 is 9.70. The van der Waals surface area contributed by atoms with Gasteiger partial charge in [0.1, 0.15) is 10.7 Å². The van der Waals surface area contributed by atoms with Crippen LogP contribution in [0, 0.1) is 27.3 Å². The van der Waals surface area contributed by atoms with E-state index in [1.165, 1.54) is 0 Å². The molecule has 0 fully saturated rings. The van der Waals surface area contributed by atoms with Crippen LogP contribution in [0.4, 0.5) is 0 Å².